The minimum atomic E-state index is -0.432. The molecule has 1 aliphatic rings. The third-order valence-corrected chi connectivity index (χ3v) is 5.17. The van der Waals surface area contributed by atoms with Crippen LogP contribution < -0.4 is 4.74 Å². The van der Waals surface area contributed by atoms with Crippen molar-refractivity contribution in [2.45, 2.75) is 52.6 Å². The number of ether oxygens (including phenoxy) is 1. The number of carbonyl (C=O) groups is 1. The van der Waals surface area contributed by atoms with Crippen LogP contribution in [0.4, 0.5) is 0 Å². The average molecular weight is 392 g/mol. The molecule has 0 saturated carbocycles. The molecular formula is C25H28O4. The van der Waals surface area contributed by atoms with Crippen molar-refractivity contribution in [1.29, 1.82) is 0 Å². The van der Waals surface area contributed by atoms with E-state index < -0.39 is 6.10 Å². The predicted octanol–water partition coefficient (Wildman–Crippen LogP) is 6.04. The quantitative estimate of drug-likeness (QED) is 0.588. The van der Waals surface area contributed by atoms with E-state index in [0.29, 0.717) is 17.7 Å². The first-order valence-electron chi connectivity index (χ1n) is 9.98. The van der Waals surface area contributed by atoms with Crippen molar-refractivity contribution in [3.8, 4) is 17.2 Å². The topological polar surface area (TPSA) is 66.8 Å². The van der Waals surface area contributed by atoms with Gasteiger partial charge >= 0.3 is 0 Å². The van der Waals surface area contributed by atoms with Crippen molar-refractivity contribution in [2.24, 2.45) is 0 Å². The number of phenols is 2. The summed E-state index contributed by atoms with van der Waals surface area (Å²) in [5.74, 6) is -0.179. The van der Waals surface area contributed by atoms with Gasteiger partial charge < -0.3 is 14.9 Å². The van der Waals surface area contributed by atoms with E-state index in [2.05, 4.69) is 26.8 Å². The number of phenolic OH excluding ortho intramolecular Hbond substituents is 2. The first-order valence-corrected chi connectivity index (χ1v) is 9.98. The third-order valence-electron chi connectivity index (χ3n) is 5.17. The summed E-state index contributed by atoms with van der Waals surface area (Å²) in [5, 5.41) is 20.7. The van der Waals surface area contributed by atoms with E-state index in [0.717, 1.165) is 18.4 Å². The highest BCUT2D eigenvalue weighted by molar-refractivity contribution is 6.03. The zero-order valence-corrected chi connectivity index (χ0v) is 17.2. The van der Waals surface area contributed by atoms with E-state index in [-0.39, 0.29) is 29.3 Å². The average Bonchev–Trinajstić information content (AvgIpc) is 2.67. The minimum Gasteiger partial charge on any atom is -0.507 e. The molecule has 0 bridgehead atoms. The summed E-state index contributed by atoms with van der Waals surface area (Å²) >= 11 is 0. The molecule has 4 heteroatoms. The van der Waals surface area contributed by atoms with Crippen LogP contribution in [0.15, 0.2) is 59.7 Å². The largest absolute Gasteiger partial charge is 0.507 e. The molecule has 0 amide bonds. The number of fused-ring (bicyclic) bond motifs is 1. The molecule has 2 aromatic carbocycles. The van der Waals surface area contributed by atoms with Crippen molar-refractivity contribution in [1.82, 2.24) is 0 Å². The fraction of sp³-hybridized carbons (Fsp3) is 0.320. The van der Waals surface area contributed by atoms with Crippen molar-refractivity contribution in [3.63, 3.8) is 0 Å². The molecule has 0 unspecified atom stereocenters. The van der Waals surface area contributed by atoms with E-state index in [1.54, 1.807) is 0 Å². The number of Topliss-reactive ketones (excluding diaryl/α,β-unsaturated/α-hetero) is 1. The van der Waals surface area contributed by atoms with E-state index in [9.17, 15) is 15.0 Å². The molecule has 2 N–H and O–H groups in total. The van der Waals surface area contributed by atoms with Crippen LogP contribution in [0.2, 0.25) is 0 Å². The van der Waals surface area contributed by atoms with Gasteiger partial charge in [0.25, 0.3) is 0 Å². The molecule has 1 heterocycles. The summed E-state index contributed by atoms with van der Waals surface area (Å²) < 4.78 is 6.15. The molecule has 2 aromatic rings. The first-order chi connectivity index (χ1) is 13.9. The Hall–Kier alpha value is -3.01. The lowest BCUT2D eigenvalue weighted by atomic mass is 9.92. The molecule has 3 rings (SSSR count). The van der Waals surface area contributed by atoms with Gasteiger partial charge in [-0.05, 0) is 45.6 Å². The molecule has 0 radical (unpaired) electrons. The second kappa shape index (κ2) is 8.99. The van der Waals surface area contributed by atoms with E-state index in [1.807, 2.05) is 36.4 Å². The van der Waals surface area contributed by atoms with E-state index >= 15 is 0 Å². The number of ketones is 1. The zero-order chi connectivity index (χ0) is 21.0. The first kappa shape index (κ1) is 20.7. The lowest BCUT2D eigenvalue weighted by molar-refractivity contribution is 0.0842. The Morgan fingerprint density at radius 3 is 2.52 bits per heavy atom. The Morgan fingerprint density at radius 2 is 1.83 bits per heavy atom. The number of aromatic hydroxyl groups is 2. The summed E-state index contributed by atoms with van der Waals surface area (Å²) in [5.41, 5.74) is 4.09. The second-order valence-electron chi connectivity index (χ2n) is 7.82. The van der Waals surface area contributed by atoms with Crippen LogP contribution in [0.3, 0.4) is 0 Å². The van der Waals surface area contributed by atoms with Crippen molar-refractivity contribution < 1.29 is 19.7 Å². The highest BCUT2D eigenvalue weighted by atomic mass is 16.5. The number of hydrogen-bond donors (Lipinski definition) is 2. The Morgan fingerprint density at radius 1 is 1.10 bits per heavy atom. The number of rotatable bonds is 6. The molecule has 0 spiro atoms. The van der Waals surface area contributed by atoms with Gasteiger partial charge in [0.15, 0.2) is 5.78 Å². The Kier molecular flexibility index (Phi) is 6.42. The summed E-state index contributed by atoms with van der Waals surface area (Å²) in [6.07, 6.45) is 6.30. The van der Waals surface area contributed by atoms with Gasteiger partial charge in [-0.1, -0.05) is 53.6 Å². The Balaban J connectivity index is 1.90. The van der Waals surface area contributed by atoms with Gasteiger partial charge in [0.2, 0.25) is 0 Å². The zero-order valence-electron chi connectivity index (χ0n) is 17.2. The second-order valence-corrected chi connectivity index (χ2v) is 7.82. The van der Waals surface area contributed by atoms with Crippen LogP contribution in [-0.2, 0) is 6.42 Å². The van der Waals surface area contributed by atoms with Crippen molar-refractivity contribution >= 4 is 5.78 Å². The van der Waals surface area contributed by atoms with Crippen molar-refractivity contribution in [2.75, 3.05) is 0 Å². The summed E-state index contributed by atoms with van der Waals surface area (Å²) in [4.78, 5) is 12.8. The Labute approximate surface area is 172 Å². The van der Waals surface area contributed by atoms with Crippen LogP contribution in [-0.4, -0.2) is 16.0 Å². The molecule has 0 saturated heterocycles. The van der Waals surface area contributed by atoms with Crippen LogP contribution >= 0.6 is 0 Å². The van der Waals surface area contributed by atoms with Crippen molar-refractivity contribution in [3.05, 3.63) is 76.4 Å². The van der Waals surface area contributed by atoms with Gasteiger partial charge in [-0.25, -0.2) is 0 Å². The third kappa shape index (κ3) is 4.89. The van der Waals surface area contributed by atoms with E-state index in [4.69, 9.17) is 4.74 Å². The van der Waals surface area contributed by atoms with Gasteiger partial charge in [0, 0.05) is 11.6 Å². The molecule has 0 fully saturated rings. The number of allylic oxidation sites excluding steroid dienone is 4. The van der Waals surface area contributed by atoms with E-state index in [1.165, 1.54) is 17.2 Å². The molecule has 152 valence electrons. The van der Waals surface area contributed by atoms with Crippen LogP contribution in [0.25, 0.3) is 0 Å². The highest BCUT2D eigenvalue weighted by Gasteiger charge is 2.33. The number of carbonyl (C=O) groups excluding carboxylic acids is 1. The SMILES string of the molecule is CC(C)=CCCC(C)=CCc1c(O)cc(O)c2c1O[C@@H](c1ccccc1)CC2=O. The Bertz CT molecular complexity index is 951. The normalized spacial score (nSPS) is 16.2. The molecule has 4 nitrogen and oxygen atoms in total. The highest BCUT2D eigenvalue weighted by Crippen LogP contribution is 2.45. The van der Waals surface area contributed by atoms with Crippen LogP contribution in [0, 0.1) is 0 Å². The number of benzene rings is 2. The standard InChI is InChI=1S/C25H28O4/c1-16(2)8-7-9-17(3)12-13-19-20(26)14-21(27)24-22(28)15-23(29-25(19)24)18-10-5-4-6-11-18/h4-6,8,10-12,14,23,26-27H,7,9,13,15H2,1-3H3/t23-/m1/s1. The van der Waals surface area contributed by atoms with Gasteiger partial charge in [0.05, 0.1) is 6.42 Å². The monoisotopic (exact) mass is 392 g/mol. The summed E-state index contributed by atoms with van der Waals surface area (Å²) in [6, 6.07) is 10.8. The lowest BCUT2D eigenvalue weighted by Gasteiger charge is -2.28. The predicted molar refractivity (Wildman–Crippen MR) is 115 cm³/mol. The fourth-order valence-electron chi connectivity index (χ4n) is 3.54. The summed E-state index contributed by atoms with van der Waals surface area (Å²) in [7, 11) is 0. The molecule has 0 aliphatic carbocycles. The lowest BCUT2D eigenvalue weighted by Crippen LogP contribution is -2.21. The maximum Gasteiger partial charge on any atom is 0.174 e. The molecule has 1 atom stereocenters. The molecule has 29 heavy (non-hydrogen) atoms. The molecular weight excluding hydrogens is 364 g/mol. The maximum absolute atomic E-state index is 12.8. The van der Waals surface area contributed by atoms with Gasteiger partial charge in [-0.2, -0.15) is 0 Å². The van der Waals surface area contributed by atoms with Crippen LogP contribution in [0.5, 0.6) is 17.2 Å². The van der Waals surface area contributed by atoms with Gasteiger partial charge in [0.1, 0.15) is 28.9 Å². The van der Waals surface area contributed by atoms with Crippen LogP contribution in [0.1, 0.15) is 67.6 Å². The summed E-state index contributed by atoms with van der Waals surface area (Å²) in [6.45, 7) is 6.22. The fourth-order valence-corrected chi connectivity index (χ4v) is 3.54. The maximum atomic E-state index is 12.8. The smallest absolute Gasteiger partial charge is 0.174 e. The molecule has 0 aromatic heterocycles. The van der Waals surface area contributed by atoms with Gasteiger partial charge in [-0.15, -0.1) is 0 Å². The minimum absolute atomic E-state index is 0.0592. The van der Waals surface area contributed by atoms with Gasteiger partial charge in [-0.3, -0.25) is 4.79 Å². The number of hydrogen-bond acceptors (Lipinski definition) is 4. The molecule has 1 aliphatic heterocycles.